The third-order valence-electron chi connectivity index (χ3n) is 3.09. The zero-order valence-electron chi connectivity index (χ0n) is 10.8. The van der Waals surface area contributed by atoms with Crippen LogP contribution in [-0.4, -0.2) is 12.3 Å². The van der Waals surface area contributed by atoms with Crippen molar-refractivity contribution >= 4 is 5.78 Å². The molecule has 0 saturated carbocycles. The molecule has 2 nitrogen and oxygen atoms in total. The molecule has 0 spiro atoms. The van der Waals surface area contributed by atoms with Crippen LogP contribution in [0.5, 0.6) is 0 Å². The van der Waals surface area contributed by atoms with E-state index < -0.39 is 5.82 Å². The van der Waals surface area contributed by atoms with Gasteiger partial charge in [-0.25, -0.2) is 4.39 Å². The Hall–Kier alpha value is -2.00. The molecule has 0 heterocycles. The highest BCUT2D eigenvalue weighted by Gasteiger charge is 2.12. The molecule has 19 heavy (non-hydrogen) atoms. The number of ketones is 1. The molecule has 98 valence electrons. The van der Waals surface area contributed by atoms with Gasteiger partial charge in [-0.3, -0.25) is 4.79 Å². The van der Waals surface area contributed by atoms with E-state index in [1.165, 1.54) is 12.1 Å². The molecule has 0 aromatic heterocycles. The Morgan fingerprint density at radius 3 is 2.47 bits per heavy atom. The van der Waals surface area contributed by atoms with Crippen LogP contribution in [0.15, 0.2) is 42.5 Å². The summed E-state index contributed by atoms with van der Waals surface area (Å²) in [5.74, 6) is -0.551. The van der Waals surface area contributed by atoms with E-state index in [-0.39, 0.29) is 5.78 Å². The number of hydrogen-bond donors (Lipinski definition) is 1. The van der Waals surface area contributed by atoms with Gasteiger partial charge in [0, 0.05) is 11.1 Å². The lowest BCUT2D eigenvalue weighted by atomic mass is 9.98. The molecule has 2 aromatic carbocycles. The van der Waals surface area contributed by atoms with Gasteiger partial charge in [0.25, 0.3) is 0 Å². The molecule has 2 N–H and O–H groups in total. The van der Waals surface area contributed by atoms with Crippen LogP contribution in [0.3, 0.4) is 0 Å². The molecule has 0 aliphatic heterocycles. The minimum atomic E-state index is -0.395. The fraction of sp³-hybridized carbons (Fsp3) is 0.188. The van der Waals surface area contributed by atoms with Crippen LogP contribution in [0.4, 0.5) is 4.39 Å². The van der Waals surface area contributed by atoms with Crippen LogP contribution in [-0.2, 0) is 6.42 Å². The van der Waals surface area contributed by atoms with E-state index in [0.29, 0.717) is 17.7 Å². The van der Waals surface area contributed by atoms with Crippen LogP contribution >= 0.6 is 0 Å². The van der Waals surface area contributed by atoms with Crippen LogP contribution < -0.4 is 5.73 Å². The summed E-state index contributed by atoms with van der Waals surface area (Å²) in [6.07, 6.45) is 0.785. The molecule has 0 unspecified atom stereocenters. The number of carbonyl (C=O) groups is 1. The van der Waals surface area contributed by atoms with Crippen molar-refractivity contribution in [3.05, 3.63) is 70.5 Å². The fourth-order valence-corrected chi connectivity index (χ4v) is 1.98. The number of halogens is 1. The summed E-state index contributed by atoms with van der Waals surface area (Å²) >= 11 is 0. The molecule has 3 heteroatoms. The van der Waals surface area contributed by atoms with Crippen molar-refractivity contribution in [2.75, 3.05) is 6.54 Å². The molecule has 0 fully saturated rings. The number of benzene rings is 2. The van der Waals surface area contributed by atoms with Gasteiger partial charge in [0.1, 0.15) is 5.82 Å². The van der Waals surface area contributed by atoms with E-state index in [4.69, 9.17) is 5.73 Å². The average molecular weight is 257 g/mol. The van der Waals surface area contributed by atoms with E-state index in [2.05, 4.69) is 0 Å². The molecule has 0 aliphatic carbocycles. The van der Waals surface area contributed by atoms with E-state index in [1.54, 1.807) is 25.1 Å². The van der Waals surface area contributed by atoms with E-state index >= 15 is 0 Å². The largest absolute Gasteiger partial charge is 0.330 e. The van der Waals surface area contributed by atoms with Gasteiger partial charge in [0.2, 0.25) is 0 Å². The summed E-state index contributed by atoms with van der Waals surface area (Å²) in [6.45, 7) is 2.38. The Bertz CT molecular complexity index is 590. The number of rotatable bonds is 4. The molecule has 0 amide bonds. The Morgan fingerprint density at radius 2 is 1.84 bits per heavy atom. The lowest BCUT2D eigenvalue weighted by Crippen LogP contribution is -2.06. The Kier molecular flexibility index (Phi) is 4.07. The monoisotopic (exact) mass is 257 g/mol. The van der Waals surface area contributed by atoms with Crippen molar-refractivity contribution in [3.8, 4) is 0 Å². The number of nitrogens with two attached hydrogens (primary N) is 1. The average Bonchev–Trinajstić information content (AvgIpc) is 2.42. The molecular weight excluding hydrogens is 241 g/mol. The van der Waals surface area contributed by atoms with Crippen LogP contribution in [0.2, 0.25) is 0 Å². The van der Waals surface area contributed by atoms with Gasteiger partial charge in [-0.05, 0) is 43.1 Å². The summed E-state index contributed by atoms with van der Waals surface area (Å²) < 4.78 is 13.2. The van der Waals surface area contributed by atoms with Gasteiger partial charge in [0.15, 0.2) is 5.78 Å². The predicted octanol–water partition coefficient (Wildman–Crippen LogP) is 2.87. The van der Waals surface area contributed by atoms with Gasteiger partial charge < -0.3 is 5.73 Å². The molecule has 2 rings (SSSR count). The molecule has 0 atom stereocenters. The SMILES string of the molecule is Cc1ccc(F)cc1C(=O)c1ccc(CCN)cc1. The maximum absolute atomic E-state index is 13.2. The molecular formula is C16H16FNO. The first-order valence-electron chi connectivity index (χ1n) is 6.21. The lowest BCUT2D eigenvalue weighted by molar-refractivity contribution is 0.103. The van der Waals surface area contributed by atoms with Crippen LogP contribution in [0.25, 0.3) is 0 Å². The third kappa shape index (κ3) is 3.06. The zero-order valence-corrected chi connectivity index (χ0v) is 10.8. The van der Waals surface area contributed by atoms with Crippen molar-refractivity contribution in [2.24, 2.45) is 5.73 Å². The number of hydrogen-bond acceptors (Lipinski definition) is 2. The Morgan fingerprint density at radius 1 is 1.16 bits per heavy atom. The van der Waals surface area contributed by atoms with Crippen molar-refractivity contribution in [1.82, 2.24) is 0 Å². The van der Waals surface area contributed by atoms with E-state index in [9.17, 15) is 9.18 Å². The third-order valence-corrected chi connectivity index (χ3v) is 3.09. The number of carbonyl (C=O) groups excluding carboxylic acids is 1. The van der Waals surface area contributed by atoms with Crippen molar-refractivity contribution in [1.29, 1.82) is 0 Å². The smallest absolute Gasteiger partial charge is 0.193 e. The first kappa shape index (κ1) is 13.4. The summed E-state index contributed by atoms with van der Waals surface area (Å²) in [6, 6.07) is 11.5. The van der Waals surface area contributed by atoms with Crippen molar-refractivity contribution < 1.29 is 9.18 Å². The van der Waals surface area contributed by atoms with Crippen LogP contribution in [0.1, 0.15) is 27.0 Å². The highest BCUT2D eigenvalue weighted by molar-refractivity contribution is 6.09. The minimum absolute atomic E-state index is 0.156. The Balaban J connectivity index is 2.30. The van der Waals surface area contributed by atoms with E-state index in [1.807, 2.05) is 12.1 Å². The molecule has 2 aromatic rings. The quantitative estimate of drug-likeness (QED) is 0.856. The summed E-state index contributed by atoms with van der Waals surface area (Å²) in [4.78, 5) is 12.3. The van der Waals surface area contributed by atoms with Gasteiger partial charge in [-0.15, -0.1) is 0 Å². The highest BCUT2D eigenvalue weighted by atomic mass is 19.1. The zero-order chi connectivity index (χ0) is 13.8. The van der Waals surface area contributed by atoms with Crippen molar-refractivity contribution in [2.45, 2.75) is 13.3 Å². The number of aryl methyl sites for hydroxylation is 1. The van der Waals surface area contributed by atoms with Gasteiger partial charge in [-0.1, -0.05) is 30.3 Å². The molecule has 0 saturated heterocycles. The van der Waals surface area contributed by atoms with E-state index in [0.717, 1.165) is 17.5 Å². The molecule has 0 radical (unpaired) electrons. The summed E-state index contributed by atoms with van der Waals surface area (Å²) in [5.41, 5.74) is 8.32. The second kappa shape index (κ2) is 5.76. The molecule has 0 aliphatic rings. The topological polar surface area (TPSA) is 43.1 Å². The maximum atomic E-state index is 13.2. The molecule has 0 bridgehead atoms. The first-order valence-corrected chi connectivity index (χ1v) is 6.21. The standard InChI is InChI=1S/C16H16FNO/c1-11-2-7-14(17)10-15(11)16(19)13-5-3-12(4-6-13)8-9-18/h2-7,10H,8-9,18H2,1H3. The van der Waals surface area contributed by atoms with Crippen molar-refractivity contribution in [3.63, 3.8) is 0 Å². The fourth-order valence-electron chi connectivity index (χ4n) is 1.98. The Labute approximate surface area is 112 Å². The van der Waals surface area contributed by atoms with Gasteiger partial charge >= 0.3 is 0 Å². The highest BCUT2D eigenvalue weighted by Crippen LogP contribution is 2.16. The predicted molar refractivity (Wildman–Crippen MR) is 73.8 cm³/mol. The summed E-state index contributed by atoms with van der Waals surface area (Å²) in [7, 11) is 0. The van der Waals surface area contributed by atoms with Gasteiger partial charge in [0.05, 0.1) is 0 Å². The summed E-state index contributed by atoms with van der Waals surface area (Å²) in [5, 5.41) is 0. The maximum Gasteiger partial charge on any atom is 0.193 e. The van der Waals surface area contributed by atoms with Crippen LogP contribution in [0, 0.1) is 12.7 Å². The second-order valence-electron chi connectivity index (χ2n) is 4.52. The first-order chi connectivity index (χ1) is 9.11. The lowest BCUT2D eigenvalue weighted by Gasteiger charge is -2.06. The van der Waals surface area contributed by atoms with Gasteiger partial charge in [-0.2, -0.15) is 0 Å². The minimum Gasteiger partial charge on any atom is -0.330 e. The normalized spacial score (nSPS) is 10.5. The second-order valence-corrected chi connectivity index (χ2v) is 4.52.